The first kappa shape index (κ1) is 10.0. The number of nitrogens with zero attached hydrogens (tertiary/aromatic N) is 1. The Morgan fingerprint density at radius 1 is 1.21 bits per heavy atom. The maximum absolute atomic E-state index is 11.0. The van der Waals surface area contributed by atoms with Crippen molar-refractivity contribution in [2.45, 2.75) is 6.92 Å². The Morgan fingerprint density at radius 3 is 2.21 bits per heavy atom. The first-order valence-corrected chi connectivity index (χ1v) is 3.77. The minimum Gasteiger partial charge on any atom is -0.478 e. The Hall–Kier alpha value is -2.04. The molecule has 0 atom stereocenters. The van der Waals surface area contributed by atoms with E-state index in [1.807, 2.05) is 0 Å². The Bertz CT molecular complexity index is 379. The molecule has 0 aliphatic rings. The van der Waals surface area contributed by atoms with E-state index in [-0.39, 0.29) is 22.6 Å². The lowest BCUT2D eigenvalue weighted by atomic mass is 10.1. The molecule has 0 spiro atoms. The molecule has 5 heteroatoms. The van der Waals surface area contributed by atoms with Crippen LogP contribution in [-0.4, -0.2) is 16.9 Å². The Balaban J connectivity index is 3.34. The third kappa shape index (κ3) is 2.01. The van der Waals surface area contributed by atoms with Gasteiger partial charge in [-0.05, 0) is 30.3 Å². The van der Waals surface area contributed by atoms with Gasteiger partial charge in [0.05, 0.1) is 5.56 Å². The number of carboxylic acids is 1. The largest absolute Gasteiger partial charge is 0.478 e. The third-order valence-corrected chi connectivity index (χ3v) is 1.68. The monoisotopic (exact) mass is 193 g/mol. The number of hydrogen-bond donors (Lipinski definition) is 1. The molecule has 0 unspecified atom stereocenters. The number of nitroso groups, excluding NO2 is 1. The van der Waals surface area contributed by atoms with Crippen LogP contribution in [-0.2, 0) is 0 Å². The number of aromatic carboxylic acids is 1. The van der Waals surface area contributed by atoms with Gasteiger partial charge >= 0.3 is 5.97 Å². The fraction of sp³-hybridized carbons (Fsp3) is 0.111. The van der Waals surface area contributed by atoms with Crippen LogP contribution in [0.15, 0.2) is 23.4 Å². The molecule has 0 saturated heterocycles. The molecule has 0 bridgehead atoms. The average molecular weight is 193 g/mol. The van der Waals surface area contributed by atoms with Gasteiger partial charge in [0.25, 0.3) is 0 Å². The number of benzene rings is 1. The predicted molar refractivity (Wildman–Crippen MR) is 48.9 cm³/mol. The van der Waals surface area contributed by atoms with Crippen molar-refractivity contribution in [2.24, 2.45) is 5.18 Å². The van der Waals surface area contributed by atoms with Gasteiger partial charge in [0.15, 0.2) is 5.78 Å². The molecule has 1 N–H and O–H groups in total. The van der Waals surface area contributed by atoms with Crippen molar-refractivity contribution in [1.82, 2.24) is 0 Å². The lowest BCUT2D eigenvalue weighted by molar-refractivity contribution is 0.0697. The Kier molecular flexibility index (Phi) is 2.71. The third-order valence-electron chi connectivity index (χ3n) is 1.68. The molecular formula is C9H7NO4. The number of hydrogen-bond acceptors (Lipinski definition) is 4. The van der Waals surface area contributed by atoms with Gasteiger partial charge in [0.2, 0.25) is 0 Å². The van der Waals surface area contributed by atoms with E-state index >= 15 is 0 Å². The van der Waals surface area contributed by atoms with E-state index in [9.17, 15) is 14.5 Å². The molecule has 5 nitrogen and oxygen atoms in total. The van der Waals surface area contributed by atoms with E-state index in [4.69, 9.17) is 5.11 Å². The molecular weight excluding hydrogens is 186 g/mol. The zero-order valence-electron chi connectivity index (χ0n) is 7.35. The van der Waals surface area contributed by atoms with Crippen molar-refractivity contribution in [1.29, 1.82) is 0 Å². The molecule has 1 aromatic rings. The second-order valence-electron chi connectivity index (χ2n) is 2.72. The maximum Gasteiger partial charge on any atom is 0.335 e. The van der Waals surface area contributed by atoms with Crippen molar-refractivity contribution in [2.75, 3.05) is 0 Å². The lowest BCUT2D eigenvalue weighted by Gasteiger charge is -1.99. The summed E-state index contributed by atoms with van der Waals surface area (Å²) >= 11 is 0. The molecule has 0 aliphatic heterocycles. The van der Waals surface area contributed by atoms with Crippen LogP contribution in [0.25, 0.3) is 0 Å². The van der Waals surface area contributed by atoms with E-state index in [1.54, 1.807) is 0 Å². The molecule has 0 aliphatic carbocycles. The molecule has 0 heterocycles. The normalized spacial score (nSPS) is 9.50. The van der Waals surface area contributed by atoms with E-state index < -0.39 is 5.97 Å². The second kappa shape index (κ2) is 3.78. The summed E-state index contributed by atoms with van der Waals surface area (Å²) in [5.41, 5.74) is -0.0121. The predicted octanol–water partition coefficient (Wildman–Crippen LogP) is 1.99. The minimum atomic E-state index is -1.20. The number of carbonyl (C=O) groups is 2. The van der Waals surface area contributed by atoms with E-state index in [0.717, 1.165) is 6.07 Å². The van der Waals surface area contributed by atoms with Gasteiger partial charge in [-0.25, -0.2) is 4.79 Å². The highest BCUT2D eigenvalue weighted by atomic mass is 16.4. The topological polar surface area (TPSA) is 83.8 Å². The fourth-order valence-electron chi connectivity index (χ4n) is 0.991. The Labute approximate surface area is 79.3 Å². The highest BCUT2D eigenvalue weighted by molar-refractivity contribution is 5.98. The summed E-state index contributed by atoms with van der Waals surface area (Å²) in [5, 5.41) is 11.2. The summed E-state index contributed by atoms with van der Waals surface area (Å²) in [6.45, 7) is 1.29. The number of rotatable bonds is 3. The van der Waals surface area contributed by atoms with Gasteiger partial charge in [-0.1, -0.05) is 0 Å². The minimum absolute atomic E-state index is 0.0601. The first-order chi connectivity index (χ1) is 6.54. The van der Waals surface area contributed by atoms with Crippen molar-refractivity contribution < 1.29 is 14.7 Å². The maximum atomic E-state index is 11.0. The van der Waals surface area contributed by atoms with Gasteiger partial charge in [-0.15, -0.1) is 4.91 Å². The average Bonchev–Trinajstić information content (AvgIpc) is 2.16. The van der Waals surface area contributed by atoms with E-state index in [1.165, 1.54) is 19.1 Å². The van der Waals surface area contributed by atoms with Crippen molar-refractivity contribution >= 4 is 17.4 Å². The summed E-state index contributed by atoms with van der Waals surface area (Å²) in [6, 6.07) is 3.57. The first-order valence-electron chi connectivity index (χ1n) is 3.77. The number of ketones is 1. The van der Waals surface area contributed by atoms with Gasteiger partial charge in [0.1, 0.15) is 5.69 Å². The SMILES string of the molecule is CC(=O)c1cc(N=O)cc(C(=O)O)c1. The Morgan fingerprint density at radius 2 is 1.79 bits per heavy atom. The molecule has 0 saturated carbocycles. The summed E-state index contributed by atoms with van der Waals surface area (Å²) in [7, 11) is 0. The quantitative estimate of drug-likeness (QED) is 0.587. The zero-order chi connectivity index (χ0) is 10.7. The van der Waals surface area contributed by atoms with Crippen LogP contribution in [0.4, 0.5) is 5.69 Å². The smallest absolute Gasteiger partial charge is 0.335 e. The van der Waals surface area contributed by atoms with Crippen LogP contribution >= 0.6 is 0 Å². The van der Waals surface area contributed by atoms with Crippen LogP contribution in [0.5, 0.6) is 0 Å². The molecule has 0 aromatic heterocycles. The molecule has 0 amide bonds. The van der Waals surface area contributed by atoms with E-state index in [2.05, 4.69) is 5.18 Å². The van der Waals surface area contributed by atoms with Gasteiger partial charge in [-0.3, -0.25) is 4.79 Å². The molecule has 1 aromatic carbocycles. The highest BCUT2D eigenvalue weighted by Gasteiger charge is 2.09. The number of carbonyl (C=O) groups excluding carboxylic acids is 1. The van der Waals surface area contributed by atoms with Crippen molar-refractivity contribution in [3.8, 4) is 0 Å². The van der Waals surface area contributed by atoms with Gasteiger partial charge < -0.3 is 5.11 Å². The van der Waals surface area contributed by atoms with Gasteiger partial charge in [-0.2, -0.15) is 0 Å². The van der Waals surface area contributed by atoms with Gasteiger partial charge in [0, 0.05) is 5.56 Å². The van der Waals surface area contributed by atoms with Crippen LogP contribution in [0.2, 0.25) is 0 Å². The second-order valence-corrected chi connectivity index (χ2v) is 2.72. The fourth-order valence-corrected chi connectivity index (χ4v) is 0.991. The summed E-state index contributed by atoms with van der Waals surface area (Å²) in [5.74, 6) is -1.50. The lowest BCUT2D eigenvalue weighted by Crippen LogP contribution is -1.99. The molecule has 72 valence electrons. The van der Waals surface area contributed by atoms with Crippen molar-refractivity contribution in [3.05, 3.63) is 34.2 Å². The summed E-state index contributed by atoms with van der Waals surface area (Å²) in [6.07, 6.45) is 0. The molecule has 0 radical (unpaired) electrons. The van der Waals surface area contributed by atoms with Crippen LogP contribution < -0.4 is 0 Å². The molecule has 0 fully saturated rings. The standard InChI is InChI=1S/C9H7NO4/c1-5(11)6-2-7(9(12)13)4-8(3-6)10-14/h2-4H,1H3,(H,12,13). The number of carboxylic acid groups (broad SMARTS) is 1. The number of Topliss-reactive ketones (excluding diaryl/α,β-unsaturated/α-hetero) is 1. The van der Waals surface area contributed by atoms with Crippen LogP contribution in [0.1, 0.15) is 27.6 Å². The molecule has 1 rings (SSSR count). The summed E-state index contributed by atoms with van der Waals surface area (Å²) in [4.78, 5) is 31.7. The summed E-state index contributed by atoms with van der Waals surface area (Å²) < 4.78 is 0. The molecule has 14 heavy (non-hydrogen) atoms. The van der Waals surface area contributed by atoms with Crippen LogP contribution in [0.3, 0.4) is 0 Å². The van der Waals surface area contributed by atoms with E-state index in [0.29, 0.717) is 0 Å². The van der Waals surface area contributed by atoms with Crippen molar-refractivity contribution in [3.63, 3.8) is 0 Å². The zero-order valence-corrected chi connectivity index (χ0v) is 7.35. The highest BCUT2D eigenvalue weighted by Crippen LogP contribution is 2.18. The van der Waals surface area contributed by atoms with Crippen LogP contribution in [0, 0.1) is 4.91 Å².